The number of nitrogens with one attached hydrogen (secondary N) is 1. The van der Waals surface area contributed by atoms with Crippen LogP contribution in [0.25, 0.3) is 0 Å². The molecule has 0 amide bonds. The zero-order valence-electron chi connectivity index (χ0n) is 9.77. The van der Waals surface area contributed by atoms with Gasteiger partial charge in [-0.3, -0.25) is 4.98 Å². The average molecular weight is 312 g/mol. The van der Waals surface area contributed by atoms with Crippen LogP contribution in [0.4, 0.5) is 0 Å². The predicted octanol–water partition coefficient (Wildman–Crippen LogP) is 3.11. The molecule has 0 radical (unpaired) electrons. The third-order valence-electron chi connectivity index (χ3n) is 2.54. The summed E-state index contributed by atoms with van der Waals surface area (Å²) in [6.45, 7) is 2.03. The highest BCUT2D eigenvalue weighted by atomic mass is 79.9. The van der Waals surface area contributed by atoms with Crippen molar-refractivity contribution in [1.29, 1.82) is 0 Å². The number of thiazole rings is 1. The smallest absolute Gasteiger partial charge is 0.0898 e. The summed E-state index contributed by atoms with van der Waals surface area (Å²) in [7, 11) is 1.96. The molecule has 0 fully saturated rings. The zero-order valence-corrected chi connectivity index (χ0v) is 12.2. The molecule has 90 valence electrons. The van der Waals surface area contributed by atoms with E-state index in [2.05, 4.69) is 42.7 Å². The van der Waals surface area contributed by atoms with Crippen LogP contribution < -0.4 is 5.32 Å². The van der Waals surface area contributed by atoms with Gasteiger partial charge in [0.05, 0.1) is 16.7 Å². The maximum atomic E-state index is 4.52. The number of aryl methyl sites for hydroxylation is 1. The Bertz CT molecular complexity index is 498. The van der Waals surface area contributed by atoms with Gasteiger partial charge in [-0.25, -0.2) is 4.98 Å². The third-order valence-corrected chi connectivity index (χ3v) is 3.77. The molecule has 2 aromatic heterocycles. The van der Waals surface area contributed by atoms with Gasteiger partial charge in [0.15, 0.2) is 0 Å². The molecule has 3 nitrogen and oxygen atoms in total. The molecule has 0 spiro atoms. The number of likely N-dealkylation sites (N-methyl/N-ethyl adjacent to an activating group) is 1. The highest BCUT2D eigenvalue weighted by Crippen LogP contribution is 2.21. The van der Waals surface area contributed by atoms with E-state index in [0.717, 1.165) is 21.6 Å². The summed E-state index contributed by atoms with van der Waals surface area (Å²) in [5, 5.41) is 6.52. The maximum absolute atomic E-state index is 4.52. The van der Waals surface area contributed by atoms with Gasteiger partial charge in [0.25, 0.3) is 0 Å². The van der Waals surface area contributed by atoms with E-state index in [9.17, 15) is 0 Å². The van der Waals surface area contributed by atoms with Crippen molar-refractivity contribution in [3.63, 3.8) is 0 Å². The number of halogens is 1. The van der Waals surface area contributed by atoms with E-state index in [0.29, 0.717) is 0 Å². The van der Waals surface area contributed by atoms with E-state index >= 15 is 0 Å². The van der Waals surface area contributed by atoms with E-state index < -0.39 is 0 Å². The Morgan fingerprint density at radius 2 is 2.29 bits per heavy atom. The lowest BCUT2D eigenvalue weighted by Crippen LogP contribution is -2.19. The van der Waals surface area contributed by atoms with Gasteiger partial charge in [0, 0.05) is 22.2 Å². The molecule has 0 bridgehead atoms. The first-order valence-electron chi connectivity index (χ1n) is 5.37. The Labute approximate surface area is 113 Å². The van der Waals surface area contributed by atoms with Crippen LogP contribution in [0, 0.1) is 6.92 Å². The maximum Gasteiger partial charge on any atom is 0.0898 e. The lowest BCUT2D eigenvalue weighted by atomic mass is 10.1. The molecule has 2 rings (SSSR count). The van der Waals surface area contributed by atoms with Gasteiger partial charge in [0.2, 0.25) is 0 Å². The first-order chi connectivity index (χ1) is 8.19. The van der Waals surface area contributed by atoms with Crippen LogP contribution in [0.1, 0.15) is 22.3 Å². The van der Waals surface area contributed by atoms with Crippen molar-refractivity contribution in [3.05, 3.63) is 44.6 Å². The molecule has 5 heteroatoms. The molecule has 1 N–H and O–H groups in total. The Balaban J connectivity index is 2.15. The van der Waals surface area contributed by atoms with Crippen LogP contribution in [0.15, 0.2) is 28.3 Å². The van der Waals surface area contributed by atoms with Crippen molar-refractivity contribution in [1.82, 2.24) is 15.3 Å². The monoisotopic (exact) mass is 311 g/mol. The predicted molar refractivity (Wildman–Crippen MR) is 74.3 cm³/mol. The van der Waals surface area contributed by atoms with E-state index in [4.69, 9.17) is 0 Å². The van der Waals surface area contributed by atoms with Gasteiger partial charge in [-0.05, 0) is 48.0 Å². The van der Waals surface area contributed by atoms with Gasteiger partial charge in [-0.2, -0.15) is 0 Å². The fourth-order valence-corrected chi connectivity index (χ4v) is 2.78. The van der Waals surface area contributed by atoms with Crippen molar-refractivity contribution in [2.75, 3.05) is 7.05 Å². The molecule has 0 aliphatic rings. The molecule has 0 aromatic carbocycles. The number of pyridine rings is 1. The molecular weight excluding hydrogens is 298 g/mol. The summed E-state index contributed by atoms with van der Waals surface area (Å²) in [6.07, 6.45) is 4.59. The Kier molecular flexibility index (Phi) is 4.25. The van der Waals surface area contributed by atoms with E-state index in [1.807, 2.05) is 20.2 Å². The molecule has 1 unspecified atom stereocenters. The number of rotatable bonds is 4. The molecule has 0 saturated heterocycles. The first-order valence-corrected chi connectivity index (χ1v) is 7.05. The van der Waals surface area contributed by atoms with Crippen LogP contribution >= 0.6 is 27.3 Å². The molecule has 1 atom stereocenters. The summed E-state index contributed by atoms with van der Waals surface area (Å²) in [5.41, 5.74) is 2.30. The number of nitrogens with zero attached hydrogens (tertiary/aromatic N) is 2. The highest BCUT2D eigenvalue weighted by Gasteiger charge is 2.13. The van der Waals surface area contributed by atoms with Crippen LogP contribution in [-0.4, -0.2) is 17.0 Å². The summed E-state index contributed by atoms with van der Waals surface area (Å²) >= 11 is 5.12. The van der Waals surface area contributed by atoms with Crippen molar-refractivity contribution in [2.24, 2.45) is 0 Å². The second kappa shape index (κ2) is 5.71. The Hall–Kier alpha value is -0.780. The third kappa shape index (κ3) is 3.34. The molecule has 0 saturated carbocycles. The topological polar surface area (TPSA) is 37.8 Å². The lowest BCUT2D eigenvalue weighted by Gasteiger charge is -2.13. The largest absolute Gasteiger partial charge is 0.311 e. The summed E-state index contributed by atoms with van der Waals surface area (Å²) in [5.74, 6) is 0. The molecule has 2 heterocycles. The summed E-state index contributed by atoms with van der Waals surface area (Å²) in [6, 6.07) is 2.34. The number of hydrogen-bond acceptors (Lipinski definition) is 4. The zero-order chi connectivity index (χ0) is 12.3. The van der Waals surface area contributed by atoms with Crippen molar-refractivity contribution in [3.8, 4) is 0 Å². The van der Waals surface area contributed by atoms with Crippen molar-refractivity contribution < 1.29 is 0 Å². The molecule has 0 aliphatic heterocycles. The van der Waals surface area contributed by atoms with Crippen molar-refractivity contribution in [2.45, 2.75) is 19.4 Å². The first kappa shape index (κ1) is 12.7. The van der Waals surface area contributed by atoms with Crippen LogP contribution in [0.2, 0.25) is 0 Å². The average Bonchev–Trinajstić information content (AvgIpc) is 2.73. The van der Waals surface area contributed by atoms with E-state index in [1.165, 1.54) is 5.56 Å². The number of hydrogen-bond donors (Lipinski definition) is 1. The summed E-state index contributed by atoms with van der Waals surface area (Å²) < 4.78 is 1.01. The minimum atomic E-state index is 0.246. The summed E-state index contributed by atoms with van der Waals surface area (Å²) in [4.78, 5) is 8.70. The Morgan fingerprint density at radius 3 is 2.88 bits per heavy atom. The van der Waals surface area contributed by atoms with E-state index in [1.54, 1.807) is 17.5 Å². The van der Waals surface area contributed by atoms with Crippen LogP contribution in [0.5, 0.6) is 0 Å². The fourth-order valence-electron chi connectivity index (χ4n) is 1.70. The number of aromatic nitrogens is 2. The quantitative estimate of drug-likeness (QED) is 0.942. The second-order valence-electron chi connectivity index (χ2n) is 3.85. The Morgan fingerprint density at radius 1 is 1.47 bits per heavy atom. The van der Waals surface area contributed by atoms with Crippen LogP contribution in [-0.2, 0) is 6.42 Å². The molecule has 2 aromatic rings. The van der Waals surface area contributed by atoms with Gasteiger partial charge in [-0.15, -0.1) is 11.3 Å². The minimum Gasteiger partial charge on any atom is -0.311 e. The molecule has 17 heavy (non-hydrogen) atoms. The molecule has 0 aliphatic carbocycles. The van der Waals surface area contributed by atoms with Crippen LogP contribution in [0.3, 0.4) is 0 Å². The highest BCUT2D eigenvalue weighted by molar-refractivity contribution is 9.10. The van der Waals surface area contributed by atoms with Gasteiger partial charge < -0.3 is 5.32 Å². The SMILES string of the molecule is CNC(Cc1cncc(Br)c1)c1csc(C)n1. The van der Waals surface area contributed by atoms with Gasteiger partial charge in [-0.1, -0.05) is 0 Å². The normalized spacial score (nSPS) is 12.6. The van der Waals surface area contributed by atoms with Gasteiger partial charge in [0.1, 0.15) is 0 Å². The molecular formula is C12H14BrN3S. The standard InChI is InChI=1S/C12H14BrN3S/c1-8-16-12(7-17-8)11(14-2)4-9-3-10(13)6-15-5-9/h3,5-7,11,14H,4H2,1-2H3. The minimum absolute atomic E-state index is 0.246. The van der Waals surface area contributed by atoms with E-state index in [-0.39, 0.29) is 6.04 Å². The lowest BCUT2D eigenvalue weighted by molar-refractivity contribution is 0.577. The van der Waals surface area contributed by atoms with Gasteiger partial charge >= 0.3 is 0 Å². The fraction of sp³-hybridized carbons (Fsp3) is 0.333. The second-order valence-corrected chi connectivity index (χ2v) is 5.83. The van der Waals surface area contributed by atoms with Crippen molar-refractivity contribution >= 4 is 27.3 Å².